The summed E-state index contributed by atoms with van der Waals surface area (Å²) < 4.78 is 29.7. The number of nitro benzene ring substituents is 1. The van der Waals surface area contributed by atoms with E-state index >= 15 is 0 Å². The van der Waals surface area contributed by atoms with E-state index < -0.39 is 12.4 Å². The summed E-state index contributed by atoms with van der Waals surface area (Å²) in [6, 6.07) is 15.3. The highest BCUT2D eigenvalue weighted by Gasteiger charge is 2.44. The highest BCUT2D eigenvalue weighted by Crippen LogP contribution is 2.54. The number of non-ortho nitro benzene ring substituents is 1. The van der Waals surface area contributed by atoms with Gasteiger partial charge in [0, 0.05) is 38.3 Å². The summed E-state index contributed by atoms with van der Waals surface area (Å²) in [5.74, 6) is 0. The molecule has 4 rings (SSSR count). The number of aliphatic imine (C=N–C) groups is 1. The zero-order valence-electron chi connectivity index (χ0n) is 18.1. The molecule has 0 spiro atoms. The number of benzene rings is 2. The summed E-state index contributed by atoms with van der Waals surface area (Å²) in [5.41, 5.74) is 7.61. The van der Waals surface area contributed by atoms with Crippen LogP contribution in [0.1, 0.15) is 0 Å². The molecule has 2 aliphatic rings. The Morgan fingerprint density at radius 2 is 1.45 bits per heavy atom. The second-order valence-electron chi connectivity index (χ2n) is 7.50. The van der Waals surface area contributed by atoms with Gasteiger partial charge in [0.15, 0.2) is 0 Å². The normalized spacial score (nSPS) is 18.6. The lowest BCUT2D eigenvalue weighted by Crippen LogP contribution is -2.48. The van der Waals surface area contributed by atoms with Gasteiger partial charge in [-0.05, 0) is 24.3 Å². The molecule has 0 unspecified atom stereocenters. The summed E-state index contributed by atoms with van der Waals surface area (Å²) in [4.78, 5) is 15.2. The van der Waals surface area contributed by atoms with E-state index in [0.29, 0.717) is 64.0 Å². The molecule has 33 heavy (non-hydrogen) atoms. The number of amidine groups is 1. The number of nitro groups is 1. The molecule has 2 aromatic rings. The molecule has 2 fully saturated rings. The molecule has 2 saturated heterocycles. The summed E-state index contributed by atoms with van der Waals surface area (Å²) in [5, 5.41) is 10.9. The predicted octanol–water partition coefficient (Wildman–Crippen LogP) is 3.06. The molecule has 2 aliphatic heterocycles. The number of para-hydroxylation sites is 1. The van der Waals surface area contributed by atoms with Gasteiger partial charge in [0.2, 0.25) is 5.58 Å². The Morgan fingerprint density at radius 3 is 1.97 bits per heavy atom. The number of rotatable bonds is 7. The quantitative estimate of drug-likeness (QED) is 0.205. The maximum atomic E-state index is 14.8. The van der Waals surface area contributed by atoms with Crippen LogP contribution in [-0.2, 0) is 14.0 Å². The molecular formula is C21H27N6O5P. The Hall–Kier alpha value is -2.82. The second-order valence-corrected chi connectivity index (χ2v) is 10.1. The highest BCUT2D eigenvalue weighted by molar-refractivity contribution is 7.76. The van der Waals surface area contributed by atoms with Gasteiger partial charge in [-0.3, -0.25) is 25.5 Å². The summed E-state index contributed by atoms with van der Waals surface area (Å²) in [7, 11) is -3.33. The van der Waals surface area contributed by atoms with Gasteiger partial charge in [-0.1, -0.05) is 18.2 Å². The van der Waals surface area contributed by atoms with E-state index in [2.05, 4.69) is 10.9 Å². The molecule has 2 heterocycles. The number of anilines is 1. The molecule has 2 aromatic carbocycles. The average Bonchev–Trinajstić information content (AvgIpc) is 2.88. The zero-order chi connectivity index (χ0) is 23.1. The molecule has 0 amide bonds. The van der Waals surface area contributed by atoms with Gasteiger partial charge in [-0.2, -0.15) is 0 Å². The van der Waals surface area contributed by atoms with Gasteiger partial charge in [0.05, 0.1) is 42.7 Å². The number of hydrazine groups is 1. The van der Waals surface area contributed by atoms with E-state index in [-0.39, 0.29) is 11.3 Å². The van der Waals surface area contributed by atoms with Crippen molar-refractivity contribution in [2.24, 2.45) is 4.99 Å². The minimum Gasteiger partial charge on any atom is -0.379 e. The van der Waals surface area contributed by atoms with E-state index in [0.717, 1.165) is 0 Å². The van der Waals surface area contributed by atoms with Crippen LogP contribution < -0.4 is 10.9 Å². The number of nitrogens with zero attached hydrogens (tertiary/aromatic N) is 4. The number of hydrogen-bond donors (Lipinski definition) is 2. The maximum absolute atomic E-state index is 14.8. The SMILES string of the molecule is O=[N+]([O-])c1ccc(NNC(=Nc2ccccc2)P(=O)(N2CCOCC2)N2CCOCC2)cc1. The average molecular weight is 474 g/mol. The minimum atomic E-state index is -3.33. The van der Waals surface area contributed by atoms with Crippen LogP contribution in [0.4, 0.5) is 17.1 Å². The summed E-state index contributed by atoms with van der Waals surface area (Å²) in [6.45, 7) is 4.02. The van der Waals surface area contributed by atoms with Crippen molar-refractivity contribution in [3.05, 3.63) is 64.7 Å². The van der Waals surface area contributed by atoms with Gasteiger partial charge >= 0.3 is 0 Å². The van der Waals surface area contributed by atoms with Crippen LogP contribution in [0.2, 0.25) is 0 Å². The first-order valence-corrected chi connectivity index (χ1v) is 12.4. The van der Waals surface area contributed by atoms with Gasteiger partial charge in [0.1, 0.15) is 0 Å². The molecule has 2 N–H and O–H groups in total. The van der Waals surface area contributed by atoms with Crippen molar-refractivity contribution in [3.8, 4) is 0 Å². The first-order valence-electron chi connectivity index (χ1n) is 10.7. The standard InChI is InChI=1S/C21H27N6O5P/c28-27(29)20-8-6-19(7-9-20)23-24-21(22-18-4-2-1-3-5-18)33(30,25-10-14-31-15-11-25)26-12-16-32-17-13-26/h1-9,23H,10-17H2,(H,22,24). The minimum absolute atomic E-state index is 0.00830. The van der Waals surface area contributed by atoms with E-state index in [1.165, 1.54) is 12.1 Å². The van der Waals surface area contributed by atoms with Crippen LogP contribution in [0.25, 0.3) is 0 Å². The second kappa shape index (κ2) is 10.9. The molecule has 176 valence electrons. The van der Waals surface area contributed by atoms with Crippen LogP contribution in [0, 0.1) is 10.1 Å². The molecule has 0 aliphatic carbocycles. The van der Waals surface area contributed by atoms with Crippen molar-refractivity contribution in [3.63, 3.8) is 0 Å². The van der Waals surface area contributed by atoms with Crippen LogP contribution >= 0.6 is 7.44 Å². The molecule has 0 radical (unpaired) electrons. The lowest BCUT2D eigenvalue weighted by Gasteiger charge is -2.42. The van der Waals surface area contributed by atoms with Gasteiger partial charge < -0.3 is 9.47 Å². The first kappa shape index (κ1) is 23.3. The molecule has 0 bridgehead atoms. The van der Waals surface area contributed by atoms with Crippen molar-refractivity contribution in [1.29, 1.82) is 0 Å². The molecule has 0 atom stereocenters. The van der Waals surface area contributed by atoms with Crippen molar-refractivity contribution in [2.45, 2.75) is 0 Å². The molecule has 11 nitrogen and oxygen atoms in total. The van der Waals surface area contributed by atoms with Crippen LogP contribution in [-0.4, -0.2) is 72.4 Å². The monoisotopic (exact) mass is 474 g/mol. The fourth-order valence-electron chi connectivity index (χ4n) is 3.68. The van der Waals surface area contributed by atoms with Crippen LogP contribution in [0.15, 0.2) is 59.6 Å². The van der Waals surface area contributed by atoms with Gasteiger partial charge in [0.25, 0.3) is 13.1 Å². The number of ether oxygens (including phenoxy) is 2. The predicted molar refractivity (Wildman–Crippen MR) is 126 cm³/mol. The van der Waals surface area contributed by atoms with E-state index in [1.54, 1.807) is 12.1 Å². The van der Waals surface area contributed by atoms with Gasteiger partial charge in [-0.25, -0.2) is 14.3 Å². The lowest BCUT2D eigenvalue weighted by molar-refractivity contribution is -0.384. The van der Waals surface area contributed by atoms with Crippen LogP contribution in [0.3, 0.4) is 0 Å². The topological polar surface area (TPSA) is 122 Å². The smallest absolute Gasteiger partial charge is 0.281 e. The first-order chi connectivity index (χ1) is 16.1. The van der Waals surface area contributed by atoms with Crippen LogP contribution in [0.5, 0.6) is 0 Å². The van der Waals surface area contributed by atoms with Crippen molar-refractivity contribution in [1.82, 2.24) is 14.8 Å². The maximum Gasteiger partial charge on any atom is 0.281 e. The number of morpholine rings is 2. The Balaban J connectivity index is 1.68. The Morgan fingerprint density at radius 1 is 0.909 bits per heavy atom. The fourth-order valence-corrected chi connectivity index (χ4v) is 6.43. The lowest BCUT2D eigenvalue weighted by atomic mass is 10.3. The molecule has 0 saturated carbocycles. The summed E-state index contributed by atoms with van der Waals surface area (Å²) in [6.07, 6.45) is 0. The highest BCUT2D eigenvalue weighted by atomic mass is 31.2. The molecule has 0 aromatic heterocycles. The fraction of sp³-hybridized carbons (Fsp3) is 0.381. The number of nitrogens with one attached hydrogen (secondary N) is 2. The molecule has 12 heteroatoms. The summed E-state index contributed by atoms with van der Waals surface area (Å²) >= 11 is 0. The van der Waals surface area contributed by atoms with Gasteiger partial charge in [-0.15, -0.1) is 0 Å². The van der Waals surface area contributed by atoms with E-state index in [9.17, 15) is 14.7 Å². The van der Waals surface area contributed by atoms with Crippen molar-refractivity contribution < 1.29 is 19.0 Å². The largest absolute Gasteiger partial charge is 0.379 e. The Bertz CT molecular complexity index is 986. The zero-order valence-corrected chi connectivity index (χ0v) is 19.0. The van der Waals surface area contributed by atoms with E-state index in [4.69, 9.17) is 14.5 Å². The third-order valence-corrected chi connectivity index (χ3v) is 8.50. The number of hydrogen-bond acceptors (Lipinski definition) is 7. The Kier molecular flexibility index (Phi) is 7.69. The molecular weight excluding hydrogens is 447 g/mol. The van der Waals surface area contributed by atoms with Crippen molar-refractivity contribution in [2.75, 3.05) is 58.0 Å². The third-order valence-electron chi connectivity index (χ3n) is 5.41. The Labute approximate surface area is 192 Å². The third kappa shape index (κ3) is 5.58. The van der Waals surface area contributed by atoms with Crippen molar-refractivity contribution >= 4 is 30.1 Å². The van der Waals surface area contributed by atoms with E-state index in [1.807, 2.05) is 39.7 Å².